The molecule has 1 saturated heterocycles. The van der Waals surface area contributed by atoms with Crippen LogP contribution in [-0.4, -0.2) is 53.2 Å². The second-order valence-electron chi connectivity index (χ2n) is 8.20. The molecule has 0 atom stereocenters. The highest BCUT2D eigenvalue weighted by atomic mass is 16.5. The van der Waals surface area contributed by atoms with Crippen LogP contribution >= 0.6 is 0 Å². The average molecular weight is 407 g/mol. The van der Waals surface area contributed by atoms with E-state index < -0.39 is 5.60 Å². The molecule has 158 valence electrons. The third kappa shape index (κ3) is 6.62. The molecule has 0 bridgehead atoms. The zero-order valence-electron chi connectivity index (χ0n) is 18.0. The van der Waals surface area contributed by atoms with E-state index in [0.29, 0.717) is 19.5 Å². The number of carbonyl (C=O) groups is 1. The highest BCUT2D eigenvalue weighted by Crippen LogP contribution is 2.17. The first-order valence-corrected chi connectivity index (χ1v) is 10.3. The number of nitrogens with zero attached hydrogens (tertiary/aromatic N) is 2. The molecule has 1 N–H and O–H groups in total. The number of amides is 1. The molecule has 0 radical (unpaired) electrons. The van der Waals surface area contributed by atoms with Gasteiger partial charge < -0.3 is 14.7 Å². The standard InChI is InChI=1S/C25H30N2O3/c1-25(2,29)13-11-20-7-9-21(10-8-20)18-26-14-12-24(28)27(16-15-26)19-22-5-4-6-23(17-22)30-3/h4-10,17,29H,12,14-16,18-19H2,1-3H3. The maximum atomic E-state index is 12.6. The minimum Gasteiger partial charge on any atom is -0.497 e. The Hall–Kier alpha value is -2.81. The number of hydrogen-bond donors (Lipinski definition) is 1. The summed E-state index contributed by atoms with van der Waals surface area (Å²) < 4.78 is 5.29. The van der Waals surface area contributed by atoms with Crippen molar-refractivity contribution >= 4 is 5.91 Å². The topological polar surface area (TPSA) is 53.0 Å². The van der Waals surface area contributed by atoms with E-state index in [1.807, 2.05) is 41.3 Å². The Balaban J connectivity index is 1.57. The summed E-state index contributed by atoms with van der Waals surface area (Å²) in [6.45, 7) is 7.08. The second kappa shape index (κ2) is 9.80. The fraction of sp³-hybridized carbons (Fsp3) is 0.400. The van der Waals surface area contributed by atoms with Gasteiger partial charge in [0, 0.05) is 44.7 Å². The van der Waals surface area contributed by atoms with Crippen molar-refractivity contribution in [1.82, 2.24) is 9.80 Å². The van der Waals surface area contributed by atoms with Gasteiger partial charge in [-0.3, -0.25) is 9.69 Å². The van der Waals surface area contributed by atoms with Gasteiger partial charge in [0.05, 0.1) is 7.11 Å². The molecular weight excluding hydrogens is 376 g/mol. The molecule has 5 heteroatoms. The van der Waals surface area contributed by atoms with Crippen molar-refractivity contribution in [1.29, 1.82) is 0 Å². The highest BCUT2D eigenvalue weighted by Gasteiger charge is 2.21. The first kappa shape index (κ1) is 21.9. The first-order valence-electron chi connectivity index (χ1n) is 10.3. The summed E-state index contributed by atoms with van der Waals surface area (Å²) in [6.07, 6.45) is 0.527. The van der Waals surface area contributed by atoms with E-state index in [1.165, 1.54) is 5.56 Å². The second-order valence-corrected chi connectivity index (χ2v) is 8.20. The van der Waals surface area contributed by atoms with Crippen LogP contribution in [0.15, 0.2) is 48.5 Å². The van der Waals surface area contributed by atoms with Crippen molar-refractivity contribution in [3.63, 3.8) is 0 Å². The third-order valence-electron chi connectivity index (χ3n) is 5.06. The minimum absolute atomic E-state index is 0.192. The van der Waals surface area contributed by atoms with Gasteiger partial charge in [0.15, 0.2) is 0 Å². The van der Waals surface area contributed by atoms with Crippen LogP contribution in [0.3, 0.4) is 0 Å². The van der Waals surface area contributed by atoms with Gasteiger partial charge in [-0.15, -0.1) is 0 Å². The monoisotopic (exact) mass is 406 g/mol. The smallest absolute Gasteiger partial charge is 0.224 e. The lowest BCUT2D eigenvalue weighted by Gasteiger charge is -2.22. The molecule has 0 aromatic heterocycles. The number of benzene rings is 2. The molecule has 1 amide bonds. The van der Waals surface area contributed by atoms with Crippen LogP contribution in [0.1, 0.15) is 37.0 Å². The van der Waals surface area contributed by atoms with Crippen molar-refractivity contribution < 1.29 is 14.6 Å². The van der Waals surface area contributed by atoms with Crippen LogP contribution in [0, 0.1) is 11.8 Å². The summed E-state index contributed by atoms with van der Waals surface area (Å²) >= 11 is 0. The average Bonchev–Trinajstić information content (AvgIpc) is 2.89. The van der Waals surface area contributed by atoms with Gasteiger partial charge in [-0.25, -0.2) is 0 Å². The van der Waals surface area contributed by atoms with E-state index in [1.54, 1.807) is 21.0 Å². The fourth-order valence-corrected chi connectivity index (χ4v) is 3.40. The van der Waals surface area contributed by atoms with E-state index in [9.17, 15) is 9.90 Å². The molecule has 1 aliphatic rings. The molecule has 1 aliphatic heterocycles. The molecule has 0 spiro atoms. The van der Waals surface area contributed by atoms with Gasteiger partial charge in [0.1, 0.15) is 11.4 Å². The summed E-state index contributed by atoms with van der Waals surface area (Å²) in [6, 6.07) is 16.0. The molecule has 0 aliphatic carbocycles. The zero-order valence-corrected chi connectivity index (χ0v) is 18.0. The number of hydrogen-bond acceptors (Lipinski definition) is 4. The van der Waals surface area contributed by atoms with Crippen LogP contribution in [0.2, 0.25) is 0 Å². The highest BCUT2D eigenvalue weighted by molar-refractivity contribution is 5.76. The van der Waals surface area contributed by atoms with E-state index in [-0.39, 0.29) is 5.91 Å². The SMILES string of the molecule is COc1cccc(CN2CCN(Cc3ccc(C#CC(C)(C)O)cc3)CCC2=O)c1. The normalized spacial score (nSPS) is 15.3. The van der Waals surface area contributed by atoms with Gasteiger partial charge in [-0.05, 0) is 49.2 Å². The Labute approximate surface area is 179 Å². The Morgan fingerprint density at radius 1 is 1.03 bits per heavy atom. The van der Waals surface area contributed by atoms with E-state index >= 15 is 0 Å². The van der Waals surface area contributed by atoms with E-state index in [0.717, 1.165) is 36.5 Å². The minimum atomic E-state index is -0.992. The van der Waals surface area contributed by atoms with Gasteiger partial charge in [-0.2, -0.15) is 0 Å². The summed E-state index contributed by atoms with van der Waals surface area (Å²) in [4.78, 5) is 16.9. The lowest BCUT2D eigenvalue weighted by atomic mass is 10.1. The molecule has 2 aromatic carbocycles. The number of aliphatic hydroxyl groups is 1. The maximum absolute atomic E-state index is 12.6. The van der Waals surface area contributed by atoms with Crippen molar-refractivity contribution in [2.75, 3.05) is 26.7 Å². The fourth-order valence-electron chi connectivity index (χ4n) is 3.40. The largest absolute Gasteiger partial charge is 0.497 e. The summed E-state index contributed by atoms with van der Waals surface area (Å²) in [7, 11) is 1.65. The van der Waals surface area contributed by atoms with Crippen molar-refractivity contribution in [2.24, 2.45) is 0 Å². The Kier molecular flexibility index (Phi) is 7.15. The predicted octanol–water partition coefficient (Wildman–Crippen LogP) is 3.05. The number of carbonyl (C=O) groups excluding carboxylic acids is 1. The van der Waals surface area contributed by atoms with Gasteiger partial charge in [-0.1, -0.05) is 36.1 Å². The summed E-state index contributed by atoms with van der Waals surface area (Å²) in [5, 5.41) is 9.72. The number of rotatable bonds is 5. The Bertz CT molecular complexity index is 920. The zero-order chi connectivity index (χ0) is 21.6. The summed E-state index contributed by atoms with van der Waals surface area (Å²) in [5.74, 6) is 6.83. The van der Waals surface area contributed by atoms with Gasteiger partial charge >= 0.3 is 0 Å². The molecule has 3 rings (SSSR count). The Morgan fingerprint density at radius 2 is 1.80 bits per heavy atom. The van der Waals surface area contributed by atoms with Crippen LogP contribution in [0.5, 0.6) is 5.75 Å². The number of ether oxygens (including phenoxy) is 1. The number of methoxy groups -OCH3 is 1. The molecule has 2 aromatic rings. The van der Waals surface area contributed by atoms with Crippen molar-refractivity contribution in [2.45, 2.75) is 39.0 Å². The molecule has 0 unspecified atom stereocenters. The maximum Gasteiger partial charge on any atom is 0.224 e. The van der Waals surface area contributed by atoms with Crippen LogP contribution in [0.4, 0.5) is 0 Å². The molecular formula is C25H30N2O3. The van der Waals surface area contributed by atoms with Crippen molar-refractivity contribution in [3.05, 3.63) is 65.2 Å². The lowest BCUT2D eigenvalue weighted by molar-refractivity contribution is -0.130. The predicted molar refractivity (Wildman–Crippen MR) is 118 cm³/mol. The molecule has 1 fully saturated rings. The van der Waals surface area contributed by atoms with Crippen LogP contribution < -0.4 is 4.74 Å². The van der Waals surface area contributed by atoms with E-state index in [2.05, 4.69) is 28.9 Å². The van der Waals surface area contributed by atoms with E-state index in [4.69, 9.17) is 4.74 Å². The molecule has 0 saturated carbocycles. The summed E-state index contributed by atoms with van der Waals surface area (Å²) in [5.41, 5.74) is 2.17. The van der Waals surface area contributed by atoms with Gasteiger partial charge in [0.2, 0.25) is 5.91 Å². The first-order chi connectivity index (χ1) is 14.3. The van der Waals surface area contributed by atoms with Crippen LogP contribution in [0.25, 0.3) is 0 Å². The Morgan fingerprint density at radius 3 is 2.50 bits per heavy atom. The molecule has 5 nitrogen and oxygen atoms in total. The van der Waals surface area contributed by atoms with Crippen molar-refractivity contribution in [3.8, 4) is 17.6 Å². The van der Waals surface area contributed by atoms with Gasteiger partial charge in [0.25, 0.3) is 0 Å². The van der Waals surface area contributed by atoms with Crippen LogP contribution in [-0.2, 0) is 17.9 Å². The molecule has 30 heavy (non-hydrogen) atoms. The molecule has 1 heterocycles. The third-order valence-corrected chi connectivity index (χ3v) is 5.06. The quantitative estimate of drug-likeness (QED) is 0.776. The lowest BCUT2D eigenvalue weighted by Crippen LogP contribution is -2.32.